The topological polar surface area (TPSA) is 15.8 Å². The van der Waals surface area contributed by atoms with Crippen molar-refractivity contribution in [2.24, 2.45) is 0 Å². The minimum absolute atomic E-state index is 0.564. The Morgan fingerprint density at radius 2 is 1.44 bits per heavy atom. The summed E-state index contributed by atoms with van der Waals surface area (Å²) in [6.07, 6.45) is 11.7. The van der Waals surface area contributed by atoms with Gasteiger partial charge in [-0.25, -0.2) is 0 Å². The highest BCUT2D eigenvalue weighted by Gasteiger charge is 2.10. The molecule has 0 saturated carbocycles. The Balaban J connectivity index is 1.46. The summed E-state index contributed by atoms with van der Waals surface area (Å²) in [5, 5.41) is 2.67. The molecular formula is C24H31Br2N. The van der Waals surface area contributed by atoms with Crippen molar-refractivity contribution >= 4 is 53.7 Å². The molecule has 146 valence electrons. The number of hydrogen-bond acceptors (Lipinski definition) is 0. The summed E-state index contributed by atoms with van der Waals surface area (Å²) in [7, 11) is 0. The number of benzene rings is 2. The summed E-state index contributed by atoms with van der Waals surface area (Å²) in [6.45, 7) is 2.27. The van der Waals surface area contributed by atoms with Crippen molar-refractivity contribution in [2.75, 3.05) is 0 Å². The summed E-state index contributed by atoms with van der Waals surface area (Å²) in [5.74, 6) is 0. The summed E-state index contributed by atoms with van der Waals surface area (Å²) >= 11 is 7.77. The van der Waals surface area contributed by atoms with Gasteiger partial charge in [0.25, 0.3) is 0 Å². The van der Waals surface area contributed by atoms with Gasteiger partial charge in [-0.05, 0) is 49.4 Å². The molecule has 0 saturated heterocycles. The van der Waals surface area contributed by atoms with Crippen molar-refractivity contribution in [2.45, 2.75) is 74.4 Å². The lowest BCUT2D eigenvalue weighted by Gasteiger charge is -2.12. The highest BCUT2D eigenvalue weighted by molar-refractivity contribution is 9.09. The van der Waals surface area contributed by atoms with Gasteiger partial charge in [-0.1, -0.05) is 95.2 Å². The van der Waals surface area contributed by atoms with Gasteiger partial charge in [-0.3, -0.25) is 0 Å². The number of unbranched alkanes of at least 4 members (excludes halogenated alkanes) is 3. The van der Waals surface area contributed by atoms with Crippen molar-refractivity contribution in [3.63, 3.8) is 0 Å². The lowest BCUT2D eigenvalue weighted by atomic mass is 10.0. The van der Waals surface area contributed by atoms with Crippen LogP contribution in [0.5, 0.6) is 0 Å². The van der Waals surface area contributed by atoms with Crippen molar-refractivity contribution in [3.05, 3.63) is 48.0 Å². The Morgan fingerprint density at radius 1 is 0.778 bits per heavy atom. The van der Waals surface area contributed by atoms with Crippen LogP contribution >= 0.6 is 31.9 Å². The highest BCUT2D eigenvalue weighted by atomic mass is 79.9. The Bertz CT molecular complexity index is 839. The molecule has 1 heterocycles. The minimum Gasteiger partial charge on any atom is -0.355 e. The van der Waals surface area contributed by atoms with Gasteiger partial charge in [0.1, 0.15) is 0 Å². The molecule has 1 aromatic heterocycles. The first kappa shape index (κ1) is 20.9. The monoisotopic (exact) mass is 491 g/mol. The number of H-pyrrole nitrogens is 1. The van der Waals surface area contributed by atoms with Crippen LogP contribution in [0.2, 0.25) is 0 Å². The number of halogens is 2. The fraction of sp³-hybridized carbons (Fsp3) is 0.500. The molecule has 2 atom stereocenters. The summed E-state index contributed by atoms with van der Waals surface area (Å²) in [6, 6.07) is 15.4. The number of hydrogen-bond donors (Lipinski definition) is 1. The number of rotatable bonds is 11. The SMILES string of the molecule is CCCCCC(Br)CCCCC(Br)Cc1ccc2[nH]c3ccccc3c2c1. The number of fused-ring (bicyclic) bond motifs is 3. The fourth-order valence-corrected chi connectivity index (χ4v) is 5.22. The van der Waals surface area contributed by atoms with E-state index in [9.17, 15) is 0 Å². The molecule has 27 heavy (non-hydrogen) atoms. The molecule has 1 N–H and O–H groups in total. The third-order valence-corrected chi connectivity index (χ3v) is 7.13. The molecule has 0 aliphatic heterocycles. The number of nitrogens with one attached hydrogen (secondary N) is 1. The second kappa shape index (κ2) is 10.7. The van der Waals surface area contributed by atoms with Crippen LogP contribution in [-0.4, -0.2) is 14.6 Å². The van der Waals surface area contributed by atoms with Crippen LogP contribution in [0.4, 0.5) is 0 Å². The van der Waals surface area contributed by atoms with Gasteiger partial charge >= 0.3 is 0 Å². The van der Waals surface area contributed by atoms with Crippen molar-refractivity contribution in [3.8, 4) is 0 Å². The standard InChI is InChI=1S/C24H31Br2N/c1-2-3-4-9-19(25)10-5-6-11-20(26)16-18-14-15-24-22(17-18)21-12-7-8-13-23(21)27-24/h7-8,12-15,17,19-20,27H,2-6,9-11,16H2,1H3. The zero-order valence-corrected chi connectivity index (χ0v) is 19.5. The minimum atomic E-state index is 0.564. The summed E-state index contributed by atoms with van der Waals surface area (Å²) in [4.78, 5) is 4.79. The summed E-state index contributed by atoms with van der Waals surface area (Å²) < 4.78 is 0. The number of para-hydroxylation sites is 1. The van der Waals surface area contributed by atoms with Gasteiger partial charge in [0.05, 0.1) is 0 Å². The summed E-state index contributed by atoms with van der Waals surface area (Å²) in [5.41, 5.74) is 3.88. The lowest BCUT2D eigenvalue weighted by molar-refractivity contribution is 0.576. The van der Waals surface area contributed by atoms with E-state index < -0.39 is 0 Å². The maximum Gasteiger partial charge on any atom is 0.0465 e. The van der Waals surface area contributed by atoms with E-state index in [0.29, 0.717) is 9.65 Å². The predicted octanol–water partition coefficient (Wildman–Crippen LogP) is 8.53. The first-order valence-electron chi connectivity index (χ1n) is 10.4. The van der Waals surface area contributed by atoms with Crippen LogP contribution in [0.25, 0.3) is 21.8 Å². The largest absolute Gasteiger partial charge is 0.355 e. The van der Waals surface area contributed by atoms with Gasteiger partial charge < -0.3 is 4.98 Å². The first-order chi connectivity index (χ1) is 13.2. The van der Waals surface area contributed by atoms with Crippen LogP contribution in [0.1, 0.15) is 63.9 Å². The van der Waals surface area contributed by atoms with Crippen LogP contribution in [-0.2, 0) is 6.42 Å². The normalized spacial score (nSPS) is 14.0. The molecule has 0 radical (unpaired) electrons. The van der Waals surface area contributed by atoms with E-state index in [2.05, 4.69) is 86.2 Å². The van der Waals surface area contributed by atoms with E-state index in [-0.39, 0.29) is 0 Å². The van der Waals surface area contributed by atoms with Crippen LogP contribution in [0.15, 0.2) is 42.5 Å². The van der Waals surface area contributed by atoms with Crippen LogP contribution in [0, 0.1) is 0 Å². The fourth-order valence-electron chi connectivity index (χ4n) is 3.87. The first-order valence-corrected chi connectivity index (χ1v) is 12.3. The van der Waals surface area contributed by atoms with Gasteiger partial charge in [0.15, 0.2) is 0 Å². The molecule has 0 fully saturated rings. The maximum absolute atomic E-state index is 3.92. The Labute approximate surface area is 180 Å². The van der Waals surface area contributed by atoms with Gasteiger partial charge in [0, 0.05) is 31.5 Å². The molecule has 0 bridgehead atoms. The molecule has 0 spiro atoms. The van der Waals surface area contributed by atoms with E-state index in [4.69, 9.17) is 0 Å². The van der Waals surface area contributed by atoms with E-state index in [1.54, 1.807) is 0 Å². The molecule has 2 unspecified atom stereocenters. The second-order valence-electron chi connectivity index (χ2n) is 7.73. The molecule has 3 rings (SSSR count). The number of aromatic nitrogens is 1. The third-order valence-electron chi connectivity index (χ3n) is 5.43. The predicted molar refractivity (Wildman–Crippen MR) is 128 cm³/mol. The Hall–Kier alpha value is -0.800. The zero-order valence-electron chi connectivity index (χ0n) is 16.3. The van der Waals surface area contributed by atoms with E-state index >= 15 is 0 Å². The molecule has 3 heteroatoms. The Kier molecular flexibility index (Phi) is 8.26. The molecular weight excluding hydrogens is 462 g/mol. The van der Waals surface area contributed by atoms with Crippen molar-refractivity contribution < 1.29 is 0 Å². The number of alkyl halides is 2. The zero-order chi connectivity index (χ0) is 19.1. The van der Waals surface area contributed by atoms with Crippen LogP contribution in [0.3, 0.4) is 0 Å². The molecule has 0 aliphatic rings. The molecule has 3 aromatic rings. The number of aromatic amines is 1. The smallest absolute Gasteiger partial charge is 0.0465 e. The van der Waals surface area contributed by atoms with Crippen LogP contribution < -0.4 is 0 Å². The third kappa shape index (κ3) is 6.09. The maximum atomic E-state index is 3.92. The average molecular weight is 493 g/mol. The van der Waals surface area contributed by atoms with Gasteiger partial charge in [-0.15, -0.1) is 0 Å². The highest BCUT2D eigenvalue weighted by Crippen LogP contribution is 2.27. The molecule has 0 aliphatic carbocycles. The Morgan fingerprint density at radius 3 is 2.22 bits per heavy atom. The quantitative estimate of drug-likeness (QED) is 0.204. The van der Waals surface area contributed by atoms with Gasteiger partial charge in [0.2, 0.25) is 0 Å². The lowest BCUT2D eigenvalue weighted by Crippen LogP contribution is -2.04. The van der Waals surface area contributed by atoms with E-state index in [1.807, 2.05) is 0 Å². The molecule has 0 amide bonds. The van der Waals surface area contributed by atoms with E-state index in [1.165, 1.54) is 78.7 Å². The molecule has 2 aromatic carbocycles. The van der Waals surface area contributed by atoms with Crippen molar-refractivity contribution in [1.82, 2.24) is 4.98 Å². The van der Waals surface area contributed by atoms with E-state index in [0.717, 1.165) is 6.42 Å². The molecule has 1 nitrogen and oxygen atoms in total. The second-order valence-corrected chi connectivity index (χ2v) is 10.3. The average Bonchev–Trinajstić information content (AvgIpc) is 3.03. The van der Waals surface area contributed by atoms with Gasteiger partial charge in [-0.2, -0.15) is 0 Å². The van der Waals surface area contributed by atoms with Crippen molar-refractivity contribution in [1.29, 1.82) is 0 Å².